The zero-order chi connectivity index (χ0) is 14.7. The van der Waals surface area contributed by atoms with E-state index in [1.54, 1.807) is 25.3 Å². The van der Waals surface area contributed by atoms with E-state index < -0.39 is 0 Å². The van der Waals surface area contributed by atoms with Crippen molar-refractivity contribution < 1.29 is 9.47 Å². The molecule has 0 spiro atoms. The third kappa shape index (κ3) is 2.61. The molecule has 2 aromatic rings. The van der Waals surface area contributed by atoms with Gasteiger partial charge in [-0.3, -0.25) is 0 Å². The van der Waals surface area contributed by atoms with Gasteiger partial charge in [0, 0.05) is 17.3 Å². The predicted octanol–water partition coefficient (Wildman–Crippen LogP) is 2.41. The van der Waals surface area contributed by atoms with Gasteiger partial charge < -0.3 is 14.9 Å². The van der Waals surface area contributed by atoms with E-state index in [9.17, 15) is 0 Å². The summed E-state index contributed by atoms with van der Waals surface area (Å²) >= 11 is 6.34. The molecule has 0 aliphatic carbocycles. The first-order valence-electron chi connectivity index (χ1n) is 5.83. The van der Waals surface area contributed by atoms with Crippen LogP contribution >= 0.6 is 11.6 Å². The maximum Gasteiger partial charge on any atom is 0.180 e. The van der Waals surface area contributed by atoms with Gasteiger partial charge in [-0.2, -0.15) is 0 Å². The van der Waals surface area contributed by atoms with Crippen LogP contribution in [0.1, 0.15) is 5.69 Å². The van der Waals surface area contributed by atoms with Crippen molar-refractivity contribution in [2.45, 2.75) is 6.92 Å². The number of nitrogens with one attached hydrogen (secondary N) is 1. The number of nitrogens with two attached hydrogens (primary N) is 1. The van der Waals surface area contributed by atoms with Gasteiger partial charge in [0.25, 0.3) is 0 Å². The van der Waals surface area contributed by atoms with Crippen molar-refractivity contribution in [1.29, 1.82) is 0 Å². The molecule has 3 N–H and O–H groups in total. The summed E-state index contributed by atoms with van der Waals surface area (Å²) in [6.45, 7) is 1.85. The Morgan fingerprint density at radius 2 is 1.95 bits per heavy atom. The number of hydrogen-bond acceptors (Lipinski definition) is 6. The Hall–Kier alpha value is -2.05. The number of halogens is 1. The first-order chi connectivity index (χ1) is 9.60. The van der Waals surface area contributed by atoms with E-state index in [-0.39, 0.29) is 0 Å². The highest BCUT2D eigenvalue weighted by molar-refractivity contribution is 6.35. The number of nitrogens with zero attached hydrogens (tertiary/aromatic N) is 2. The number of anilines is 1. The van der Waals surface area contributed by atoms with E-state index in [1.165, 1.54) is 7.11 Å². The molecule has 2 rings (SSSR count). The lowest BCUT2D eigenvalue weighted by atomic mass is 10.1. The van der Waals surface area contributed by atoms with Crippen molar-refractivity contribution in [2.75, 3.05) is 19.6 Å². The van der Waals surface area contributed by atoms with E-state index in [4.69, 9.17) is 26.9 Å². The smallest absolute Gasteiger partial charge is 0.180 e. The van der Waals surface area contributed by atoms with E-state index in [0.717, 1.165) is 5.69 Å². The van der Waals surface area contributed by atoms with Crippen LogP contribution in [0.3, 0.4) is 0 Å². The lowest BCUT2D eigenvalue weighted by Gasteiger charge is -2.13. The number of nitrogen functional groups attached to an aromatic ring is 1. The first-order valence-corrected chi connectivity index (χ1v) is 6.21. The highest BCUT2D eigenvalue weighted by Crippen LogP contribution is 2.40. The molecule has 0 radical (unpaired) electrons. The van der Waals surface area contributed by atoms with Crippen molar-refractivity contribution in [2.24, 2.45) is 5.84 Å². The van der Waals surface area contributed by atoms with Crippen LogP contribution < -0.4 is 20.7 Å². The number of benzene rings is 1. The number of aromatic nitrogens is 2. The van der Waals surface area contributed by atoms with Gasteiger partial charge in [0.05, 0.1) is 19.2 Å². The second-order valence-corrected chi connectivity index (χ2v) is 4.40. The summed E-state index contributed by atoms with van der Waals surface area (Å²) in [7, 11) is 3.07. The normalized spacial score (nSPS) is 10.2. The fraction of sp³-hybridized carbons (Fsp3) is 0.231. The van der Waals surface area contributed by atoms with E-state index in [1.807, 2.05) is 6.92 Å². The fourth-order valence-electron chi connectivity index (χ4n) is 1.82. The molecule has 20 heavy (non-hydrogen) atoms. The molecule has 0 aliphatic heterocycles. The van der Waals surface area contributed by atoms with Crippen molar-refractivity contribution in [3.05, 3.63) is 28.9 Å². The lowest BCUT2D eigenvalue weighted by Crippen LogP contribution is -2.10. The molecule has 7 heteroatoms. The number of ether oxygens (including phenoxy) is 2. The van der Waals surface area contributed by atoms with Crippen molar-refractivity contribution >= 4 is 17.4 Å². The highest BCUT2D eigenvalue weighted by Gasteiger charge is 2.16. The Morgan fingerprint density at radius 3 is 2.55 bits per heavy atom. The maximum atomic E-state index is 6.34. The lowest BCUT2D eigenvalue weighted by molar-refractivity contribution is 0.355. The van der Waals surface area contributed by atoms with Crippen LogP contribution in [0.15, 0.2) is 18.2 Å². The maximum absolute atomic E-state index is 6.34. The largest absolute Gasteiger partial charge is 0.493 e. The highest BCUT2D eigenvalue weighted by atomic mass is 35.5. The van der Waals surface area contributed by atoms with Gasteiger partial charge in [0.2, 0.25) is 0 Å². The van der Waals surface area contributed by atoms with Crippen LogP contribution in [-0.4, -0.2) is 24.2 Å². The second-order valence-electron chi connectivity index (χ2n) is 4.03. The Bertz CT molecular complexity index is 634. The quantitative estimate of drug-likeness (QED) is 0.665. The molecule has 0 saturated heterocycles. The fourth-order valence-corrected chi connectivity index (χ4v) is 2.14. The van der Waals surface area contributed by atoms with E-state index in [0.29, 0.717) is 33.7 Å². The molecule has 6 nitrogen and oxygen atoms in total. The zero-order valence-electron chi connectivity index (χ0n) is 11.4. The molecule has 0 saturated carbocycles. The number of methoxy groups -OCH3 is 2. The molecule has 0 bridgehead atoms. The predicted molar refractivity (Wildman–Crippen MR) is 78.1 cm³/mol. The second kappa shape index (κ2) is 5.94. The minimum absolute atomic E-state index is 0.389. The van der Waals surface area contributed by atoms with Gasteiger partial charge in [-0.05, 0) is 19.1 Å². The third-order valence-electron chi connectivity index (χ3n) is 2.73. The molecule has 0 amide bonds. The molecule has 0 unspecified atom stereocenters. The summed E-state index contributed by atoms with van der Waals surface area (Å²) in [4.78, 5) is 8.64. The standard InChI is InChI=1S/C13H15ClN4O2/c1-7-6-10(18-15)17-13(16-7)8-4-5-9(19-2)12(20-3)11(8)14/h4-6H,15H2,1-3H3,(H,16,17,18). The molecular weight excluding hydrogens is 280 g/mol. The van der Waals surface area contributed by atoms with Crippen molar-refractivity contribution in [1.82, 2.24) is 9.97 Å². The van der Waals surface area contributed by atoms with Gasteiger partial charge in [0.15, 0.2) is 17.3 Å². The third-order valence-corrected chi connectivity index (χ3v) is 3.10. The minimum Gasteiger partial charge on any atom is -0.493 e. The van der Waals surface area contributed by atoms with Crippen molar-refractivity contribution in [3.63, 3.8) is 0 Å². The summed E-state index contributed by atoms with van der Waals surface area (Å²) in [5, 5.41) is 0.389. The van der Waals surface area contributed by atoms with Gasteiger partial charge in [-0.15, -0.1) is 0 Å². The van der Waals surface area contributed by atoms with Crippen LogP contribution in [0.2, 0.25) is 5.02 Å². The Balaban J connectivity index is 2.61. The molecule has 1 heterocycles. The van der Waals surface area contributed by atoms with Crippen LogP contribution in [0.5, 0.6) is 11.5 Å². The SMILES string of the molecule is COc1ccc(-c2nc(C)cc(NN)n2)c(Cl)c1OC. The molecule has 1 aromatic heterocycles. The Kier molecular flexibility index (Phi) is 4.26. The number of hydrazine groups is 1. The van der Waals surface area contributed by atoms with E-state index in [2.05, 4.69) is 15.4 Å². The molecular formula is C13H15ClN4O2. The van der Waals surface area contributed by atoms with Crippen LogP contribution in [0.25, 0.3) is 11.4 Å². The van der Waals surface area contributed by atoms with Gasteiger partial charge in [-0.25, -0.2) is 15.8 Å². The average Bonchev–Trinajstić information content (AvgIpc) is 2.45. The molecule has 1 aromatic carbocycles. The van der Waals surface area contributed by atoms with Crippen molar-refractivity contribution in [3.8, 4) is 22.9 Å². The average molecular weight is 295 g/mol. The number of aryl methyl sites for hydroxylation is 1. The summed E-state index contributed by atoms with van der Waals surface area (Å²) in [6, 6.07) is 5.26. The number of hydrogen-bond donors (Lipinski definition) is 2. The molecule has 106 valence electrons. The van der Waals surface area contributed by atoms with Gasteiger partial charge in [-0.1, -0.05) is 11.6 Å². The summed E-state index contributed by atoms with van der Waals surface area (Å²) < 4.78 is 10.5. The Labute approximate surface area is 121 Å². The number of rotatable bonds is 4. The van der Waals surface area contributed by atoms with E-state index >= 15 is 0 Å². The monoisotopic (exact) mass is 294 g/mol. The summed E-state index contributed by atoms with van der Waals surface area (Å²) in [6.07, 6.45) is 0. The van der Waals surface area contributed by atoms with Crippen LogP contribution in [0, 0.1) is 6.92 Å². The molecule has 0 atom stereocenters. The summed E-state index contributed by atoms with van der Waals surface area (Å²) in [5.41, 5.74) is 3.91. The first kappa shape index (κ1) is 14.4. The van der Waals surface area contributed by atoms with Crippen LogP contribution in [0.4, 0.5) is 5.82 Å². The molecule has 0 fully saturated rings. The topological polar surface area (TPSA) is 82.3 Å². The Morgan fingerprint density at radius 1 is 1.20 bits per heavy atom. The molecule has 0 aliphatic rings. The van der Waals surface area contributed by atoms with Gasteiger partial charge >= 0.3 is 0 Å². The summed E-state index contributed by atoms with van der Waals surface area (Å²) in [5.74, 6) is 7.35. The van der Waals surface area contributed by atoms with Gasteiger partial charge in [0.1, 0.15) is 5.82 Å². The van der Waals surface area contributed by atoms with Crippen LogP contribution in [-0.2, 0) is 0 Å². The minimum atomic E-state index is 0.389. The zero-order valence-corrected chi connectivity index (χ0v) is 12.2.